The minimum absolute atomic E-state index is 0.101. The highest BCUT2D eigenvalue weighted by Crippen LogP contribution is 2.39. The molecule has 0 saturated heterocycles. The zero-order chi connectivity index (χ0) is 15.8. The van der Waals surface area contributed by atoms with Crippen molar-refractivity contribution in [2.75, 3.05) is 24.7 Å². The fraction of sp³-hybridized carbons (Fsp3) is 0.278. The molecule has 2 heterocycles. The van der Waals surface area contributed by atoms with Crippen LogP contribution in [-0.2, 0) is 4.79 Å². The molecule has 0 aliphatic carbocycles. The number of halogens is 1. The molecule has 0 N–H and O–H groups in total. The van der Waals surface area contributed by atoms with E-state index in [4.69, 9.17) is 9.47 Å². The number of hydrogen-bond donors (Lipinski definition) is 0. The van der Waals surface area contributed by atoms with Crippen molar-refractivity contribution in [2.24, 2.45) is 0 Å². The van der Waals surface area contributed by atoms with Gasteiger partial charge in [0.15, 0.2) is 5.82 Å². The Hall–Kier alpha value is -2.56. The smallest absolute Gasteiger partial charge is 0.235 e. The van der Waals surface area contributed by atoms with Gasteiger partial charge in [0.1, 0.15) is 23.8 Å². The number of amides is 1. The van der Waals surface area contributed by atoms with E-state index in [0.29, 0.717) is 31.9 Å². The van der Waals surface area contributed by atoms with Crippen LogP contribution in [0.3, 0.4) is 0 Å². The molecule has 23 heavy (non-hydrogen) atoms. The van der Waals surface area contributed by atoms with E-state index in [0.717, 1.165) is 11.3 Å². The Morgan fingerprint density at radius 3 is 2.74 bits per heavy atom. The molecule has 1 atom stereocenters. The summed E-state index contributed by atoms with van der Waals surface area (Å²) in [6.45, 7) is 1.21. The van der Waals surface area contributed by atoms with E-state index in [-0.39, 0.29) is 17.5 Å². The Kier molecular flexibility index (Phi) is 3.41. The maximum atomic E-state index is 14.2. The van der Waals surface area contributed by atoms with Gasteiger partial charge in [0.2, 0.25) is 5.91 Å². The molecule has 0 spiro atoms. The number of carbonyl (C=O) groups is 1. The van der Waals surface area contributed by atoms with Crippen molar-refractivity contribution in [3.8, 4) is 11.5 Å². The number of benzene rings is 2. The maximum Gasteiger partial charge on any atom is 0.235 e. The van der Waals surface area contributed by atoms with Crippen LogP contribution in [0.2, 0.25) is 0 Å². The van der Waals surface area contributed by atoms with Crippen molar-refractivity contribution >= 4 is 11.6 Å². The van der Waals surface area contributed by atoms with Gasteiger partial charge in [-0.05, 0) is 24.6 Å². The molecular formula is C18H16FNO3. The average Bonchev–Trinajstić information content (AvgIpc) is 2.60. The molecule has 2 aromatic carbocycles. The summed E-state index contributed by atoms with van der Waals surface area (Å²) < 4.78 is 25.3. The lowest BCUT2D eigenvalue weighted by Gasteiger charge is -2.34. The van der Waals surface area contributed by atoms with Crippen molar-refractivity contribution in [1.82, 2.24) is 0 Å². The van der Waals surface area contributed by atoms with Gasteiger partial charge in [0, 0.05) is 5.56 Å². The van der Waals surface area contributed by atoms with Crippen LogP contribution < -0.4 is 14.4 Å². The summed E-state index contributed by atoms with van der Waals surface area (Å²) >= 11 is 0. The summed E-state index contributed by atoms with van der Waals surface area (Å²) in [6.07, 6.45) is 0.594. The summed E-state index contributed by atoms with van der Waals surface area (Å²) in [5.41, 5.74) is 1.11. The molecule has 0 fully saturated rings. The van der Waals surface area contributed by atoms with Crippen LogP contribution in [0.25, 0.3) is 0 Å². The first kappa shape index (κ1) is 14.1. The molecule has 0 radical (unpaired) electrons. The van der Waals surface area contributed by atoms with Crippen LogP contribution in [0.1, 0.15) is 17.9 Å². The Bertz CT molecular complexity index is 762. The lowest BCUT2D eigenvalue weighted by atomic mass is 9.91. The molecule has 4 nitrogen and oxygen atoms in total. The summed E-state index contributed by atoms with van der Waals surface area (Å²) in [5.74, 6) is 0.306. The number of nitrogens with zero attached hydrogens (tertiary/aromatic N) is 1. The van der Waals surface area contributed by atoms with Crippen LogP contribution >= 0.6 is 0 Å². The van der Waals surface area contributed by atoms with Gasteiger partial charge in [-0.3, -0.25) is 4.79 Å². The minimum atomic E-state index is -0.434. The summed E-state index contributed by atoms with van der Waals surface area (Å²) in [7, 11) is 0. The molecule has 2 aromatic rings. The molecule has 4 rings (SSSR count). The van der Waals surface area contributed by atoms with Crippen molar-refractivity contribution in [3.05, 3.63) is 53.8 Å². The van der Waals surface area contributed by atoms with Crippen LogP contribution in [0, 0.1) is 5.82 Å². The molecule has 0 aromatic heterocycles. The highest BCUT2D eigenvalue weighted by molar-refractivity contribution is 6.00. The Morgan fingerprint density at radius 2 is 1.83 bits per heavy atom. The molecule has 2 aliphatic rings. The second-order valence-corrected chi connectivity index (χ2v) is 5.65. The number of rotatable bonds is 1. The third kappa shape index (κ3) is 2.32. The zero-order valence-electron chi connectivity index (χ0n) is 12.5. The van der Waals surface area contributed by atoms with E-state index in [1.807, 2.05) is 24.3 Å². The van der Waals surface area contributed by atoms with E-state index in [2.05, 4.69) is 0 Å². The summed E-state index contributed by atoms with van der Waals surface area (Å²) in [6, 6.07) is 12.2. The molecule has 2 aliphatic heterocycles. The van der Waals surface area contributed by atoms with Gasteiger partial charge in [-0.25, -0.2) is 4.39 Å². The Balaban J connectivity index is 1.72. The number of carbonyl (C=O) groups excluding carboxylic acids is 1. The van der Waals surface area contributed by atoms with Crippen LogP contribution in [0.4, 0.5) is 10.1 Å². The molecule has 0 saturated carbocycles. The van der Waals surface area contributed by atoms with Gasteiger partial charge in [0.05, 0.1) is 19.1 Å². The SMILES string of the molecule is O=C([C@H]1CCOc2ccccc21)N1CCOc2cccc(F)c21. The van der Waals surface area contributed by atoms with Gasteiger partial charge < -0.3 is 14.4 Å². The van der Waals surface area contributed by atoms with Crippen LogP contribution in [0.15, 0.2) is 42.5 Å². The third-order valence-electron chi connectivity index (χ3n) is 4.31. The largest absolute Gasteiger partial charge is 0.493 e. The fourth-order valence-electron chi connectivity index (χ4n) is 3.24. The van der Waals surface area contributed by atoms with E-state index in [1.54, 1.807) is 12.1 Å². The van der Waals surface area contributed by atoms with Crippen molar-refractivity contribution in [2.45, 2.75) is 12.3 Å². The number of para-hydroxylation sites is 2. The number of ether oxygens (including phenoxy) is 2. The highest BCUT2D eigenvalue weighted by Gasteiger charge is 2.35. The summed E-state index contributed by atoms with van der Waals surface area (Å²) in [4.78, 5) is 14.6. The van der Waals surface area contributed by atoms with E-state index < -0.39 is 5.82 Å². The Morgan fingerprint density at radius 1 is 1.04 bits per heavy atom. The van der Waals surface area contributed by atoms with Gasteiger partial charge in [-0.1, -0.05) is 24.3 Å². The monoisotopic (exact) mass is 313 g/mol. The van der Waals surface area contributed by atoms with E-state index in [9.17, 15) is 9.18 Å². The van der Waals surface area contributed by atoms with Gasteiger partial charge in [-0.15, -0.1) is 0 Å². The summed E-state index contributed by atoms with van der Waals surface area (Å²) in [5, 5.41) is 0. The first-order valence-electron chi connectivity index (χ1n) is 7.70. The number of anilines is 1. The van der Waals surface area contributed by atoms with Crippen molar-refractivity contribution < 1.29 is 18.7 Å². The van der Waals surface area contributed by atoms with Gasteiger partial charge in [-0.2, -0.15) is 0 Å². The first-order valence-corrected chi connectivity index (χ1v) is 7.70. The average molecular weight is 313 g/mol. The second-order valence-electron chi connectivity index (χ2n) is 5.65. The molecule has 0 unspecified atom stereocenters. The predicted molar refractivity (Wildman–Crippen MR) is 83.5 cm³/mol. The molecular weight excluding hydrogens is 297 g/mol. The number of hydrogen-bond acceptors (Lipinski definition) is 3. The van der Waals surface area contributed by atoms with Crippen LogP contribution in [0.5, 0.6) is 11.5 Å². The Labute approximate surface area is 133 Å². The van der Waals surface area contributed by atoms with E-state index >= 15 is 0 Å². The van der Waals surface area contributed by atoms with Gasteiger partial charge >= 0.3 is 0 Å². The number of fused-ring (bicyclic) bond motifs is 2. The third-order valence-corrected chi connectivity index (χ3v) is 4.31. The second kappa shape index (κ2) is 5.57. The standard InChI is InChI=1S/C18H16FNO3/c19-14-5-3-7-16-17(14)20(9-11-23-16)18(21)13-8-10-22-15-6-2-1-4-12(13)15/h1-7,13H,8-11H2/t13-/m0/s1. The maximum absolute atomic E-state index is 14.2. The van der Waals surface area contributed by atoms with Crippen molar-refractivity contribution in [1.29, 1.82) is 0 Å². The molecule has 5 heteroatoms. The minimum Gasteiger partial charge on any atom is -0.493 e. The first-order chi connectivity index (χ1) is 11.3. The fourth-order valence-corrected chi connectivity index (χ4v) is 3.24. The predicted octanol–water partition coefficient (Wildman–Crippen LogP) is 3.12. The van der Waals surface area contributed by atoms with Gasteiger partial charge in [0.25, 0.3) is 0 Å². The quantitative estimate of drug-likeness (QED) is 0.812. The lowest BCUT2D eigenvalue weighted by Crippen LogP contribution is -2.42. The van der Waals surface area contributed by atoms with Crippen LogP contribution in [-0.4, -0.2) is 25.7 Å². The topological polar surface area (TPSA) is 38.8 Å². The molecule has 1 amide bonds. The molecule has 0 bridgehead atoms. The van der Waals surface area contributed by atoms with E-state index in [1.165, 1.54) is 11.0 Å². The molecule has 118 valence electrons. The van der Waals surface area contributed by atoms with Crippen molar-refractivity contribution in [3.63, 3.8) is 0 Å². The zero-order valence-corrected chi connectivity index (χ0v) is 12.5. The normalized spacial score (nSPS) is 19.2. The highest BCUT2D eigenvalue weighted by atomic mass is 19.1. The lowest BCUT2D eigenvalue weighted by molar-refractivity contribution is -0.121.